The average molecular weight is 348 g/mol. The van der Waals surface area contributed by atoms with E-state index in [4.69, 9.17) is 0 Å². The third kappa shape index (κ3) is 3.04. The number of fused-ring (bicyclic) bond motifs is 1. The van der Waals surface area contributed by atoms with Crippen molar-refractivity contribution >= 4 is 34.0 Å². The van der Waals surface area contributed by atoms with E-state index in [0.717, 1.165) is 27.2 Å². The molecular weight excluding hydrogens is 332 g/mol. The van der Waals surface area contributed by atoms with E-state index in [0.29, 0.717) is 11.4 Å². The van der Waals surface area contributed by atoms with Crippen LogP contribution in [0, 0.1) is 13.8 Å². The minimum absolute atomic E-state index is 0.192. The van der Waals surface area contributed by atoms with Crippen LogP contribution in [-0.2, 0) is 0 Å². The molecule has 0 bridgehead atoms. The molecular formula is C19H16N4OS. The highest BCUT2D eigenvalue weighted by Gasteiger charge is 2.14. The number of hydrogen-bond acceptors (Lipinski definition) is 4. The van der Waals surface area contributed by atoms with E-state index in [1.54, 1.807) is 17.4 Å². The van der Waals surface area contributed by atoms with Crippen LogP contribution in [0.4, 0.5) is 5.82 Å². The van der Waals surface area contributed by atoms with Gasteiger partial charge in [-0.05, 0) is 38.1 Å². The Hall–Kier alpha value is -2.99. The molecule has 3 heterocycles. The fourth-order valence-electron chi connectivity index (χ4n) is 2.77. The average Bonchev–Trinajstić information content (AvgIpc) is 3.23. The molecule has 0 radical (unpaired) electrons. The second kappa shape index (κ2) is 6.14. The van der Waals surface area contributed by atoms with Crippen molar-refractivity contribution in [1.29, 1.82) is 0 Å². The van der Waals surface area contributed by atoms with Crippen LogP contribution in [0.15, 0.2) is 48.5 Å². The van der Waals surface area contributed by atoms with Crippen LogP contribution in [0.3, 0.4) is 0 Å². The third-order valence-electron chi connectivity index (χ3n) is 3.91. The van der Waals surface area contributed by atoms with Gasteiger partial charge in [0.2, 0.25) is 0 Å². The lowest BCUT2D eigenvalue weighted by molar-refractivity contribution is 0.102. The number of carbonyl (C=O) groups is 1. The van der Waals surface area contributed by atoms with E-state index in [9.17, 15) is 4.79 Å². The lowest BCUT2D eigenvalue weighted by Crippen LogP contribution is -2.13. The normalized spacial score (nSPS) is 11.0. The summed E-state index contributed by atoms with van der Waals surface area (Å²) in [6.07, 6.45) is 0. The number of aromatic amines is 1. The second-order valence-electron chi connectivity index (χ2n) is 5.86. The van der Waals surface area contributed by atoms with Gasteiger partial charge in [0.25, 0.3) is 5.91 Å². The molecule has 4 rings (SSSR count). The standard InChI is InChI=1S/C19H16N4OS/c1-11-9-14(13-5-3-4-6-15(13)20-11)19(24)21-18-10-16(22-23-18)17-8-7-12(2)25-17/h3-10H,1-2H3,(H2,21,22,23,24). The number of aryl methyl sites for hydroxylation is 2. The number of para-hydroxylation sites is 1. The molecule has 0 spiro atoms. The number of anilines is 1. The van der Waals surface area contributed by atoms with Crippen molar-refractivity contribution in [3.05, 3.63) is 64.7 Å². The highest BCUT2D eigenvalue weighted by molar-refractivity contribution is 7.15. The molecule has 0 fully saturated rings. The van der Waals surface area contributed by atoms with E-state index in [1.165, 1.54) is 4.88 Å². The molecule has 0 atom stereocenters. The topological polar surface area (TPSA) is 70.7 Å². The van der Waals surface area contributed by atoms with Crippen molar-refractivity contribution in [2.24, 2.45) is 0 Å². The maximum atomic E-state index is 12.7. The van der Waals surface area contributed by atoms with E-state index >= 15 is 0 Å². The molecule has 0 saturated heterocycles. The minimum Gasteiger partial charge on any atom is -0.305 e. The number of nitrogens with one attached hydrogen (secondary N) is 2. The third-order valence-corrected chi connectivity index (χ3v) is 4.95. The Bertz CT molecular complexity index is 1080. The van der Waals surface area contributed by atoms with Crippen LogP contribution in [0.1, 0.15) is 20.9 Å². The van der Waals surface area contributed by atoms with Gasteiger partial charge in [-0.1, -0.05) is 18.2 Å². The molecule has 1 aromatic carbocycles. The summed E-state index contributed by atoms with van der Waals surface area (Å²) in [7, 11) is 0. The summed E-state index contributed by atoms with van der Waals surface area (Å²) in [5, 5.41) is 10.9. The molecule has 1 amide bonds. The number of rotatable bonds is 3. The van der Waals surface area contributed by atoms with Gasteiger partial charge in [-0.3, -0.25) is 14.9 Å². The quantitative estimate of drug-likeness (QED) is 0.570. The van der Waals surface area contributed by atoms with Gasteiger partial charge in [0.05, 0.1) is 21.7 Å². The fourth-order valence-corrected chi connectivity index (χ4v) is 3.60. The van der Waals surface area contributed by atoms with Gasteiger partial charge in [-0.15, -0.1) is 11.3 Å². The molecule has 0 saturated carbocycles. The molecule has 0 unspecified atom stereocenters. The minimum atomic E-state index is -0.192. The summed E-state index contributed by atoms with van der Waals surface area (Å²) >= 11 is 1.68. The van der Waals surface area contributed by atoms with Crippen molar-refractivity contribution in [2.75, 3.05) is 5.32 Å². The molecule has 0 aliphatic carbocycles. The molecule has 6 heteroatoms. The lowest BCUT2D eigenvalue weighted by atomic mass is 10.1. The summed E-state index contributed by atoms with van der Waals surface area (Å²) in [4.78, 5) is 19.5. The van der Waals surface area contributed by atoms with Gasteiger partial charge < -0.3 is 5.32 Å². The number of nitrogens with zero attached hydrogens (tertiary/aromatic N) is 2. The molecule has 5 nitrogen and oxygen atoms in total. The maximum Gasteiger partial charge on any atom is 0.257 e. The number of amides is 1. The molecule has 25 heavy (non-hydrogen) atoms. The highest BCUT2D eigenvalue weighted by atomic mass is 32.1. The Morgan fingerprint density at radius 2 is 1.96 bits per heavy atom. The molecule has 124 valence electrons. The summed E-state index contributed by atoms with van der Waals surface area (Å²) in [5.41, 5.74) is 3.11. The van der Waals surface area contributed by atoms with Crippen LogP contribution in [0.25, 0.3) is 21.5 Å². The summed E-state index contributed by atoms with van der Waals surface area (Å²) in [5.74, 6) is 0.312. The molecule has 2 N–H and O–H groups in total. The first-order valence-electron chi connectivity index (χ1n) is 7.90. The van der Waals surface area contributed by atoms with Crippen molar-refractivity contribution in [2.45, 2.75) is 13.8 Å². The van der Waals surface area contributed by atoms with Crippen LogP contribution < -0.4 is 5.32 Å². The van der Waals surface area contributed by atoms with Gasteiger partial charge in [0.15, 0.2) is 5.82 Å². The van der Waals surface area contributed by atoms with E-state index in [1.807, 2.05) is 43.3 Å². The van der Waals surface area contributed by atoms with Crippen LogP contribution >= 0.6 is 11.3 Å². The maximum absolute atomic E-state index is 12.7. The Morgan fingerprint density at radius 1 is 1.12 bits per heavy atom. The zero-order valence-electron chi connectivity index (χ0n) is 13.8. The second-order valence-corrected chi connectivity index (χ2v) is 7.15. The number of carbonyl (C=O) groups excluding carboxylic acids is 1. The van der Waals surface area contributed by atoms with Gasteiger partial charge in [0, 0.05) is 22.0 Å². The number of benzene rings is 1. The molecule has 0 aliphatic heterocycles. The predicted molar refractivity (Wildman–Crippen MR) is 101 cm³/mol. The van der Waals surface area contributed by atoms with Crippen molar-refractivity contribution < 1.29 is 4.79 Å². The first kappa shape index (κ1) is 15.5. The van der Waals surface area contributed by atoms with Crippen LogP contribution in [0.5, 0.6) is 0 Å². The number of H-pyrrole nitrogens is 1. The SMILES string of the molecule is Cc1cc(C(=O)Nc2cc(-c3ccc(C)s3)[nH]n2)c2ccccc2n1. The highest BCUT2D eigenvalue weighted by Crippen LogP contribution is 2.27. The molecule has 3 aromatic heterocycles. The first-order valence-corrected chi connectivity index (χ1v) is 8.72. The number of pyridine rings is 1. The first-order chi connectivity index (χ1) is 12.1. The Kier molecular flexibility index (Phi) is 3.82. The van der Waals surface area contributed by atoms with Crippen LogP contribution in [0.2, 0.25) is 0 Å². The van der Waals surface area contributed by atoms with E-state index in [2.05, 4.69) is 33.5 Å². The Labute approximate surface area is 148 Å². The van der Waals surface area contributed by atoms with Crippen molar-refractivity contribution in [3.8, 4) is 10.6 Å². The zero-order valence-corrected chi connectivity index (χ0v) is 14.6. The van der Waals surface area contributed by atoms with Crippen molar-refractivity contribution in [3.63, 3.8) is 0 Å². The lowest BCUT2D eigenvalue weighted by Gasteiger charge is -2.07. The number of hydrogen-bond donors (Lipinski definition) is 2. The molecule has 0 aliphatic rings. The summed E-state index contributed by atoms with van der Waals surface area (Å²) in [6.45, 7) is 3.94. The smallest absolute Gasteiger partial charge is 0.257 e. The zero-order chi connectivity index (χ0) is 17.4. The fraction of sp³-hybridized carbons (Fsp3) is 0.105. The van der Waals surface area contributed by atoms with Gasteiger partial charge in [-0.25, -0.2) is 0 Å². The number of thiophene rings is 1. The van der Waals surface area contributed by atoms with Crippen molar-refractivity contribution in [1.82, 2.24) is 15.2 Å². The molecule has 4 aromatic rings. The van der Waals surface area contributed by atoms with Crippen LogP contribution in [-0.4, -0.2) is 21.1 Å². The summed E-state index contributed by atoms with van der Waals surface area (Å²) < 4.78 is 0. The van der Waals surface area contributed by atoms with E-state index < -0.39 is 0 Å². The van der Waals surface area contributed by atoms with Gasteiger partial charge in [0.1, 0.15) is 0 Å². The van der Waals surface area contributed by atoms with E-state index in [-0.39, 0.29) is 5.91 Å². The van der Waals surface area contributed by atoms with Gasteiger partial charge in [-0.2, -0.15) is 5.10 Å². The Morgan fingerprint density at radius 3 is 2.76 bits per heavy atom. The summed E-state index contributed by atoms with van der Waals surface area (Å²) in [6, 6.07) is 15.4. The number of aromatic nitrogens is 3. The largest absolute Gasteiger partial charge is 0.305 e. The monoisotopic (exact) mass is 348 g/mol. The van der Waals surface area contributed by atoms with Gasteiger partial charge >= 0.3 is 0 Å². The predicted octanol–water partition coefficient (Wildman–Crippen LogP) is 4.56. The Balaban J connectivity index is 1.64.